The van der Waals surface area contributed by atoms with Gasteiger partial charge in [0, 0.05) is 36.4 Å². The van der Waals surface area contributed by atoms with Gasteiger partial charge in [-0.15, -0.1) is 0 Å². The number of thioether (sulfide) groups is 1. The summed E-state index contributed by atoms with van der Waals surface area (Å²) in [5.74, 6) is 2.35. The van der Waals surface area contributed by atoms with E-state index in [4.69, 9.17) is 10.2 Å². The topological polar surface area (TPSA) is 76.5 Å². The molecule has 1 unspecified atom stereocenters. The molecule has 0 saturated carbocycles. The Morgan fingerprint density at radius 1 is 1.61 bits per heavy atom. The van der Waals surface area contributed by atoms with Gasteiger partial charge >= 0.3 is 0 Å². The van der Waals surface area contributed by atoms with E-state index >= 15 is 0 Å². The van der Waals surface area contributed by atoms with Crippen LogP contribution in [0.15, 0.2) is 16.7 Å². The van der Waals surface area contributed by atoms with E-state index in [-0.39, 0.29) is 0 Å². The minimum atomic E-state index is -3.07. The minimum absolute atomic E-state index is 0.415. The summed E-state index contributed by atoms with van der Waals surface area (Å²) >= 11 is 1.68. The number of nitrogens with two attached hydrogens (primary N) is 1. The molecule has 1 aromatic heterocycles. The molecule has 102 valence electrons. The fraction of sp³-hybridized carbons (Fsp3) is 0.636. The first-order valence-corrected chi connectivity index (χ1v) is 8.89. The van der Waals surface area contributed by atoms with E-state index in [0.717, 1.165) is 23.6 Å². The van der Waals surface area contributed by atoms with Gasteiger partial charge in [-0.2, -0.15) is 11.8 Å². The van der Waals surface area contributed by atoms with E-state index in [1.807, 2.05) is 11.0 Å². The summed E-state index contributed by atoms with van der Waals surface area (Å²) in [5, 5.41) is -0.424. The number of nitrogens with zero attached hydrogens (tertiary/aromatic N) is 1. The second kappa shape index (κ2) is 5.64. The van der Waals surface area contributed by atoms with Crippen molar-refractivity contribution in [2.75, 3.05) is 24.3 Å². The lowest BCUT2D eigenvalue weighted by atomic mass is 10.2. The van der Waals surface area contributed by atoms with E-state index in [1.165, 1.54) is 6.26 Å². The largest absolute Gasteiger partial charge is 0.468 e. The summed E-state index contributed by atoms with van der Waals surface area (Å²) in [4.78, 5) is 1.96. The van der Waals surface area contributed by atoms with Gasteiger partial charge < -0.3 is 10.2 Å². The third-order valence-corrected chi connectivity index (χ3v) is 5.78. The van der Waals surface area contributed by atoms with Gasteiger partial charge in [-0.3, -0.25) is 4.90 Å². The zero-order chi connectivity index (χ0) is 13.2. The van der Waals surface area contributed by atoms with Crippen LogP contribution in [0.5, 0.6) is 0 Å². The van der Waals surface area contributed by atoms with Crippen LogP contribution >= 0.6 is 11.8 Å². The van der Waals surface area contributed by atoms with Crippen molar-refractivity contribution in [2.24, 2.45) is 5.73 Å². The van der Waals surface area contributed by atoms with Crippen molar-refractivity contribution < 1.29 is 12.8 Å². The summed E-state index contributed by atoms with van der Waals surface area (Å²) in [7, 11) is -3.07. The first-order chi connectivity index (χ1) is 8.52. The van der Waals surface area contributed by atoms with Crippen LogP contribution in [0.1, 0.15) is 11.3 Å². The Bertz CT molecular complexity index is 498. The summed E-state index contributed by atoms with van der Waals surface area (Å²) in [6.07, 6.45) is 2.90. The van der Waals surface area contributed by atoms with Crippen LogP contribution in [0.3, 0.4) is 0 Å². The monoisotopic (exact) mass is 290 g/mol. The molecule has 7 heteroatoms. The zero-order valence-electron chi connectivity index (χ0n) is 10.3. The molecule has 0 aromatic carbocycles. The van der Waals surface area contributed by atoms with Crippen molar-refractivity contribution in [2.45, 2.75) is 18.5 Å². The summed E-state index contributed by atoms with van der Waals surface area (Å²) in [6.45, 7) is 1.68. The number of sulfone groups is 1. The Morgan fingerprint density at radius 2 is 2.39 bits per heavy atom. The van der Waals surface area contributed by atoms with E-state index in [1.54, 1.807) is 18.0 Å². The molecule has 2 N–H and O–H groups in total. The van der Waals surface area contributed by atoms with Gasteiger partial charge in [0.2, 0.25) is 0 Å². The smallest absolute Gasteiger partial charge is 0.164 e. The zero-order valence-corrected chi connectivity index (χ0v) is 12.0. The maximum Gasteiger partial charge on any atom is 0.164 e. The van der Waals surface area contributed by atoms with E-state index < -0.39 is 15.2 Å². The van der Waals surface area contributed by atoms with Gasteiger partial charge in [0.25, 0.3) is 0 Å². The highest BCUT2D eigenvalue weighted by Gasteiger charge is 2.31. The minimum Gasteiger partial charge on any atom is -0.468 e. The molecule has 2 heterocycles. The summed E-state index contributed by atoms with van der Waals surface area (Å²) in [5.41, 5.74) is 6.56. The maximum absolute atomic E-state index is 11.8. The molecule has 0 amide bonds. The van der Waals surface area contributed by atoms with E-state index in [2.05, 4.69) is 0 Å². The maximum atomic E-state index is 11.8. The third-order valence-electron chi connectivity index (χ3n) is 3.09. The van der Waals surface area contributed by atoms with Crippen LogP contribution in [-0.4, -0.2) is 43.0 Å². The molecule has 1 fully saturated rings. The van der Waals surface area contributed by atoms with Crippen LogP contribution in [0, 0.1) is 0 Å². The molecule has 1 saturated heterocycles. The second-order valence-electron chi connectivity index (χ2n) is 4.40. The van der Waals surface area contributed by atoms with Crippen molar-refractivity contribution in [3.8, 4) is 0 Å². The average Bonchev–Trinajstić information content (AvgIpc) is 2.75. The highest BCUT2D eigenvalue weighted by molar-refractivity contribution is 8.00. The summed E-state index contributed by atoms with van der Waals surface area (Å²) < 4.78 is 28.9. The second-order valence-corrected chi connectivity index (χ2v) is 7.76. The Morgan fingerprint density at radius 3 is 3.06 bits per heavy atom. The molecule has 1 aromatic rings. The Kier molecular flexibility index (Phi) is 4.37. The third kappa shape index (κ3) is 3.09. The Labute approximate surface area is 112 Å². The van der Waals surface area contributed by atoms with Crippen molar-refractivity contribution in [1.82, 2.24) is 4.90 Å². The highest BCUT2D eigenvalue weighted by Crippen LogP contribution is 2.23. The first-order valence-electron chi connectivity index (χ1n) is 5.78. The van der Waals surface area contributed by atoms with Gasteiger partial charge in [-0.1, -0.05) is 0 Å². The lowest BCUT2D eigenvalue weighted by molar-refractivity contribution is 0.239. The molecule has 1 atom stereocenters. The van der Waals surface area contributed by atoms with Crippen molar-refractivity contribution in [3.05, 3.63) is 23.7 Å². The normalized spacial score (nSPS) is 22.2. The lowest BCUT2D eigenvalue weighted by Crippen LogP contribution is -2.46. The standard InChI is InChI=1S/C11H18N2O3S2/c1-18(14,15)11-8-17-5-3-13(11)7-10-9(6-12)2-4-16-10/h2,4,11H,3,5-8,12H2,1H3. The van der Waals surface area contributed by atoms with Gasteiger partial charge in [0.1, 0.15) is 11.1 Å². The number of furan rings is 1. The van der Waals surface area contributed by atoms with Crippen LogP contribution in [0.4, 0.5) is 0 Å². The highest BCUT2D eigenvalue weighted by atomic mass is 32.2. The van der Waals surface area contributed by atoms with Crippen molar-refractivity contribution >= 4 is 21.6 Å². The molecule has 0 aliphatic carbocycles. The van der Waals surface area contributed by atoms with E-state index in [9.17, 15) is 8.42 Å². The molecule has 18 heavy (non-hydrogen) atoms. The molecule has 1 aliphatic heterocycles. The van der Waals surface area contributed by atoms with Crippen LogP contribution < -0.4 is 5.73 Å². The Balaban J connectivity index is 2.15. The van der Waals surface area contributed by atoms with Gasteiger partial charge in [-0.25, -0.2) is 8.42 Å². The number of hydrogen-bond donors (Lipinski definition) is 1. The molecular formula is C11H18N2O3S2. The summed E-state index contributed by atoms with van der Waals surface area (Å²) in [6, 6.07) is 1.84. The Hall–Kier alpha value is -0.500. The predicted octanol–water partition coefficient (Wildman–Crippen LogP) is 0.658. The molecule has 0 radical (unpaired) electrons. The lowest BCUT2D eigenvalue weighted by Gasteiger charge is -2.33. The number of rotatable bonds is 4. The van der Waals surface area contributed by atoms with Crippen LogP contribution in [0.2, 0.25) is 0 Å². The van der Waals surface area contributed by atoms with Crippen LogP contribution in [-0.2, 0) is 22.9 Å². The molecule has 5 nitrogen and oxygen atoms in total. The van der Waals surface area contributed by atoms with Crippen LogP contribution in [0.25, 0.3) is 0 Å². The van der Waals surface area contributed by atoms with Gasteiger partial charge in [0.15, 0.2) is 9.84 Å². The molecule has 0 spiro atoms. The quantitative estimate of drug-likeness (QED) is 0.878. The van der Waals surface area contributed by atoms with Gasteiger partial charge in [-0.05, 0) is 6.07 Å². The number of hydrogen-bond acceptors (Lipinski definition) is 6. The molecule has 0 bridgehead atoms. The fourth-order valence-electron chi connectivity index (χ4n) is 2.06. The molecular weight excluding hydrogens is 272 g/mol. The fourth-order valence-corrected chi connectivity index (χ4v) is 5.00. The van der Waals surface area contributed by atoms with E-state index in [0.29, 0.717) is 18.8 Å². The van der Waals surface area contributed by atoms with Gasteiger partial charge in [0.05, 0.1) is 12.8 Å². The predicted molar refractivity (Wildman–Crippen MR) is 73.0 cm³/mol. The molecule has 1 aliphatic rings. The SMILES string of the molecule is CS(=O)(=O)C1CSCCN1Cc1occc1CN. The first kappa shape index (κ1) is 13.9. The van der Waals surface area contributed by atoms with Crippen molar-refractivity contribution in [3.63, 3.8) is 0 Å². The van der Waals surface area contributed by atoms with Crippen molar-refractivity contribution in [1.29, 1.82) is 0 Å². The average molecular weight is 290 g/mol. The molecule has 2 rings (SSSR count).